The van der Waals surface area contributed by atoms with Crippen LogP contribution in [0.15, 0.2) is 54.7 Å². The van der Waals surface area contributed by atoms with Crippen LogP contribution in [0.1, 0.15) is 55.8 Å². The van der Waals surface area contributed by atoms with E-state index < -0.39 is 0 Å². The summed E-state index contributed by atoms with van der Waals surface area (Å²) in [5.74, 6) is 0.745. The predicted octanol–water partition coefficient (Wildman–Crippen LogP) is 4.46. The maximum Gasteiger partial charge on any atom is 0.0570 e. The molecule has 1 aliphatic carbocycles. The first-order chi connectivity index (χ1) is 10.3. The second-order valence-electron chi connectivity index (χ2n) is 6.10. The maximum atomic E-state index is 4.44. The van der Waals surface area contributed by atoms with Crippen LogP contribution in [0.4, 0.5) is 0 Å². The van der Waals surface area contributed by atoms with Crippen molar-refractivity contribution >= 4 is 0 Å². The maximum absolute atomic E-state index is 4.44. The van der Waals surface area contributed by atoms with Gasteiger partial charge in [-0.1, -0.05) is 36.4 Å². The lowest BCUT2D eigenvalue weighted by molar-refractivity contribution is 0.320. The van der Waals surface area contributed by atoms with Gasteiger partial charge < -0.3 is 5.32 Å². The van der Waals surface area contributed by atoms with E-state index in [-0.39, 0.29) is 0 Å². The Morgan fingerprint density at radius 3 is 2.33 bits per heavy atom. The molecule has 1 atom stereocenters. The molecule has 1 aromatic heterocycles. The molecule has 0 amide bonds. The number of aromatic nitrogens is 1. The van der Waals surface area contributed by atoms with E-state index in [0.717, 1.165) is 11.6 Å². The van der Waals surface area contributed by atoms with Crippen molar-refractivity contribution in [3.63, 3.8) is 0 Å². The minimum Gasteiger partial charge on any atom is -0.306 e. The highest BCUT2D eigenvalue weighted by Crippen LogP contribution is 2.33. The van der Waals surface area contributed by atoms with Crippen LogP contribution in [0, 0.1) is 0 Å². The fourth-order valence-corrected chi connectivity index (χ4v) is 3.39. The zero-order chi connectivity index (χ0) is 14.5. The summed E-state index contributed by atoms with van der Waals surface area (Å²) in [5.41, 5.74) is 2.65. The molecule has 0 aliphatic heterocycles. The zero-order valence-corrected chi connectivity index (χ0v) is 12.7. The summed E-state index contributed by atoms with van der Waals surface area (Å²) in [4.78, 5) is 4.44. The third-order valence-electron chi connectivity index (χ3n) is 4.62. The molecule has 0 saturated heterocycles. The van der Waals surface area contributed by atoms with Crippen LogP contribution >= 0.6 is 0 Å². The number of rotatable bonds is 4. The van der Waals surface area contributed by atoms with Gasteiger partial charge in [0.25, 0.3) is 0 Å². The second kappa shape index (κ2) is 6.86. The van der Waals surface area contributed by atoms with E-state index in [2.05, 4.69) is 59.7 Å². The van der Waals surface area contributed by atoms with E-state index in [4.69, 9.17) is 0 Å². The van der Waals surface area contributed by atoms with Gasteiger partial charge in [-0.15, -0.1) is 0 Å². The molecule has 2 aromatic rings. The zero-order valence-electron chi connectivity index (χ0n) is 12.7. The first-order valence-electron chi connectivity index (χ1n) is 8.05. The molecule has 1 heterocycles. The Balaban J connectivity index is 1.52. The largest absolute Gasteiger partial charge is 0.306 e. The van der Waals surface area contributed by atoms with E-state index >= 15 is 0 Å². The molecule has 1 aromatic carbocycles. The molecule has 0 radical (unpaired) electrons. The van der Waals surface area contributed by atoms with E-state index in [1.165, 1.54) is 31.2 Å². The third kappa shape index (κ3) is 3.70. The summed E-state index contributed by atoms with van der Waals surface area (Å²) >= 11 is 0. The summed E-state index contributed by atoms with van der Waals surface area (Å²) in [6, 6.07) is 18.1. The average molecular weight is 280 g/mol. The van der Waals surface area contributed by atoms with Crippen LogP contribution in [-0.4, -0.2) is 11.0 Å². The fraction of sp³-hybridized carbons (Fsp3) is 0.421. The Bertz CT molecular complexity index is 530. The minimum atomic E-state index is 0.337. The normalized spacial score (nSPS) is 23.7. The highest BCUT2D eigenvalue weighted by molar-refractivity contribution is 5.20. The number of hydrogen-bond donors (Lipinski definition) is 1. The number of hydrogen-bond acceptors (Lipinski definition) is 2. The molecule has 0 unspecified atom stereocenters. The monoisotopic (exact) mass is 280 g/mol. The molecule has 0 spiro atoms. The van der Waals surface area contributed by atoms with Crippen LogP contribution < -0.4 is 5.32 Å². The molecule has 3 rings (SSSR count). The summed E-state index contributed by atoms with van der Waals surface area (Å²) in [6.45, 7) is 2.21. The lowest BCUT2D eigenvalue weighted by Crippen LogP contribution is -2.34. The van der Waals surface area contributed by atoms with E-state index in [1.54, 1.807) is 0 Å². The predicted molar refractivity (Wildman–Crippen MR) is 87.2 cm³/mol. The molecular formula is C19H24N2. The molecule has 1 aliphatic rings. The van der Waals surface area contributed by atoms with Gasteiger partial charge in [0.2, 0.25) is 0 Å². The van der Waals surface area contributed by atoms with Crippen molar-refractivity contribution in [1.29, 1.82) is 0 Å². The van der Waals surface area contributed by atoms with Crippen LogP contribution in [-0.2, 0) is 0 Å². The Morgan fingerprint density at radius 2 is 1.67 bits per heavy atom. The molecule has 1 saturated carbocycles. The first-order valence-corrected chi connectivity index (χ1v) is 8.05. The standard InChI is InChI=1S/C19H24N2/c1-15(19-9-5-6-14-20-19)21-18-12-10-17(11-13-18)16-7-3-2-4-8-16/h2-9,14-15,17-18,21H,10-13H2,1H3/t15-,17?,18?/m0/s1. The van der Waals surface area contributed by atoms with Gasteiger partial charge in [0, 0.05) is 18.3 Å². The highest BCUT2D eigenvalue weighted by Gasteiger charge is 2.23. The van der Waals surface area contributed by atoms with E-state index in [9.17, 15) is 0 Å². The second-order valence-corrected chi connectivity index (χ2v) is 6.10. The first kappa shape index (κ1) is 14.3. The molecule has 2 nitrogen and oxygen atoms in total. The van der Waals surface area contributed by atoms with Crippen molar-refractivity contribution in [2.45, 2.75) is 50.6 Å². The van der Waals surface area contributed by atoms with Crippen molar-refractivity contribution in [2.75, 3.05) is 0 Å². The van der Waals surface area contributed by atoms with Gasteiger partial charge in [-0.05, 0) is 56.2 Å². The van der Waals surface area contributed by atoms with Gasteiger partial charge in [0.15, 0.2) is 0 Å². The molecule has 0 bridgehead atoms. The minimum absolute atomic E-state index is 0.337. The van der Waals surface area contributed by atoms with Crippen molar-refractivity contribution < 1.29 is 0 Å². The average Bonchev–Trinajstić information content (AvgIpc) is 2.57. The molecule has 110 valence electrons. The molecular weight excluding hydrogens is 256 g/mol. The Morgan fingerprint density at radius 1 is 0.952 bits per heavy atom. The summed E-state index contributed by atoms with van der Waals surface area (Å²) < 4.78 is 0. The van der Waals surface area contributed by atoms with Crippen LogP contribution in [0.5, 0.6) is 0 Å². The smallest absolute Gasteiger partial charge is 0.0570 e. The fourth-order valence-electron chi connectivity index (χ4n) is 3.39. The van der Waals surface area contributed by atoms with Crippen LogP contribution in [0.25, 0.3) is 0 Å². The van der Waals surface area contributed by atoms with Gasteiger partial charge in [0.05, 0.1) is 5.69 Å². The van der Waals surface area contributed by atoms with Gasteiger partial charge in [-0.2, -0.15) is 0 Å². The summed E-state index contributed by atoms with van der Waals surface area (Å²) in [6.07, 6.45) is 6.97. The van der Waals surface area contributed by atoms with Gasteiger partial charge in [0.1, 0.15) is 0 Å². The molecule has 2 heteroatoms. The third-order valence-corrected chi connectivity index (χ3v) is 4.62. The number of benzene rings is 1. The Hall–Kier alpha value is -1.67. The number of nitrogens with one attached hydrogen (secondary N) is 1. The SMILES string of the molecule is C[C@H](NC1CCC(c2ccccc2)CC1)c1ccccn1. The van der Waals surface area contributed by atoms with Crippen molar-refractivity contribution in [3.05, 3.63) is 66.0 Å². The molecule has 1 fully saturated rings. The van der Waals surface area contributed by atoms with Crippen molar-refractivity contribution in [2.24, 2.45) is 0 Å². The molecule has 1 N–H and O–H groups in total. The molecule has 21 heavy (non-hydrogen) atoms. The highest BCUT2D eigenvalue weighted by atomic mass is 15.0. The number of pyridine rings is 1. The lowest BCUT2D eigenvalue weighted by atomic mass is 9.81. The number of nitrogens with zero attached hydrogens (tertiary/aromatic N) is 1. The topological polar surface area (TPSA) is 24.9 Å². The summed E-state index contributed by atoms with van der Waals surface area (Å²) in [7, 11) is 0. The van der Waals surface area contributed by atoms with Crippen LogP contribution in [0.3, 0.4) is 0 Å². The van der Waals surface area contributed by atoms with Crippen molar-refractivity contribution in [1.82, 2.24) is 10.3 Å². The Kier molecular flexibility index (Phi) is 4.66. The van der Waals surface area contributed by atoms with E-state index in [0.29, 0.717) is 12.1 Å². The Labute approximate surface area is 127 Å². The quantitative estimate of drug-likeness (QED) is 0.894. The van der Waals surface area contributed by atoms with Crippen LogP contribution in [0.2, 0.25) is 0 Å². The van der Waals surface area contributed by atoms with Gasteiger partial charge in [-0.3, -0.25) is 4.98 Å². The van der Waals surface area contributed by atoms with Crippen molar-refractivity contribution in [3.8, 4) is 0 Å². The lowest BCUT2D eigenvalue weighted by Gasteiger charge is -2.31. The van der Waals surface area contributed by atoms with Gasteiger partial charge in [-0.25, -0.2) is 0 Å². The summed E-state index contributed by atoms with van der Waals surface area (Å²) in [5, 5.41) is 3.74. The van der Waals surface area contributed by atoms with Gasteiger partial charge >= 0.3 is 0 Å². The van der Waals surface area contributed by atoms with E-state index in [1.807, 2.05) is 12.3 Å².